The molecule has 5 aliphatic heterocycles. The van der Waals surface area contributed by atoms with E-state index in [1.54, 1.807) is 40.9 Å². The van der Waals surface area contributed by atoms with E-state index >= 15 is 0 Å². The molecule has 1 amide bonds. The summed E-state index contributed by atoms with van der Waals surface area (Å²) in [6.45, 7) is 10.9. The van der Waals surface area contributed by atoms with Gasteiger partial charge in [0.25, 0.3) is 11.7 Å². The van der Waals surface area contributed by atoms with Crippen LogP contribution in [0.15, 0.2) is 47.6 Å². The number of ether oxygens (including phenoxy) is 7. The van der Waals surface area contributed by atoms with Crippen molar-refractivity contribution < 1.29 is 77.6 Å². The van der Waals surface area contributed by atoms with Gasteiger partial charge in [-0.3, -0.25) is 19.2 Å². The highest BCUT2D eigenvalue weighted by Crippen LogP contribution is 2.39. The molecule has 6 rings (SSSR count). The van der Waals surface area contributed by atoms with Crippen molar-refractivity contribution in [1.29, 1.82) is 0 Å². The van der Waals surface area contributed by atoms with Crippen molar-refractivity contribution in [2.24, 2.45) is 29.6 Å². The SMILES string of the molecule is CO[C@@H]1C[C@H](C[C@@H](C)[C@@H]2CC(=O)[C@H](C)/C=C(\C)[C@@H](O)[C@@H](OC)C(=O)[C@H](C)CC/C=C/C=C/C=C(\C)C(OC3CO[C@H]4[C@@H]3OC[C@@H]4O)C[C@@H]3CC[C@@H](C)[C@@](O)(O3)C(=O)C(=O)N3CCCC[C@H]3C(=O)O2)CC[C@H]1O. The summed E-state index contributed by atoms with van der Waals surface area (Å²) in [6, 6.07) is -1.18. The second-order valence-electron chi connectivity index (χ2n) is 21.6. The first-order valence-electron chi connectivity index (χ1n) is 26.5. The van der Waals surface area contributed by atoms with Crippen LogP contribution in [0.5, 0.6) is 0 Å². The van der Waals surface area contributed by atoms with Gasteiger partial charge in [0.2, 0.25) is 5.79 Å². The van der Waals surface area contributed by atoms with E-state index < -0.39 is 108 Å². The fourth-order valence-corrected chi connectivity index (χ4v) is 11.4. The minimum Gasteiger partial charge on any atom is -0.460 e. The van der Waals surface area contributed by atoms with Gasteiger partial charge < -0.3 is 58.5 Å². The third-order valence-corrected chi connectivity index (χ3v) is 16.3. The number of carbonyl (C=O) groups is 5. The summed E-state index contributed by atoms with van der Waals surface area (Å²) in [4.78, 5) is 72.5. The Morgan fingerprint density at radius 3 is 2.31 bits per heavy atom. The number of allylic oxidation sites excluding steroid dienone is 6. The van der Waals surface area contributed by atoms with Crippen LogP contribution in [0, 0.1) is 29.6 Å². The summed E-state index contributed by atoms with van der Waals surface area (Å²) in [5, 5.41) is 44.6. The number of ketones is 3. The molecule has 5 fully saturated rings. The molecule has 18 atom stereocenters. The van der Waals surface area contributed by atoms with E-state index in [2.05, 4.69) is 0 Å². The van der Waals surface area contributed by atoms with Gasteiger partial charge in [0, 0.05) is 51.4 Å². The van der Waals surface area contributed by atoms with Crippen LogP contribution in [0.3, 0.4) is 0 Å². The van der Waals surface area contributed by atoms with Gasteiger partial charge in [-0.15, -0.1) is 0 Å². The van der Waals surface area contributed by atoms with Crippen molar-refractivity contribution in [3.8, 4) is 0 Å². The number of methoxy groups -OCH3 is 2. The molecule has 2 unspecified atom stereocenters. The first-order valence-corrected chi connectivity index (χ1v) is 26.5. The minimum absolute atomic E-state index is 0.0539. The minimum atomic E-state index is -2.52. The van der Waals surface area contributed by atoms with Crippen LogP contribution in [0.2, 0.25) is 0 Å². The van der Waals surface area contributed by atoms with E-state index in [1.165, 1.54) is 12.0 Å². The summed E-state index contributed by atoms with van der Waals surface area (Å²) in [5.74, 6) is -8.34. The maximum atomic E-state index is 14.5. The van der Waals surface area contributed by atoms with Crippen LogP contribution in [0.25, 0.3) is 0 Å². The number of Topliss-reactive ketones (excluding diaryl/α,β-unsaturated/α-hetero) is 3. The fraction of sp³-hybridized carbons (Fsp3) is 0.764. The highest BCUT2D eigenvalue weighted by Gasteiger charge is 2.54. The van der Waals surface area contributed by atoms with Gasteiger partial charge in [-0.05, 0) is 107 Å². The number of carbonyl (C=O) groups excluding carboxylic acids is 5. The molecule has 0 aromatic rings. The van der Waals surface area contributed by atoms with Crippen molar-refractivity contribution in [3.05, 3.63) is 47.6 Å². The number of aliphatic hydroxyl groups is 4. The van der Waals surface area contributed by atoms with Gasteiger partial charge >= 0.3 is 5.97 Å². The lowest BCUT2D eigenvalue weighted by Gasteiger charge is -2.43. The van der Waals surface area contributed by atoms with Crippen LogP contribution >= 0.6 is 0 Å². The number of piperidine rings is 1. The third-order valence-electron chi connectivity index (χ3n) is 16.3. The van der Waals surface area contributed by atoms with Gasteiger partial charge in [0.15, 0.2) is 5.78 Å². The summed E-state index contributed by atoms with van der Waals surface area (Å²) in [7, 11) is 2.93. The molecule has 5 heterocycles. The molecule has 1 saturated carbocycles. The van der Waals surface area contributed by atoms with E-state index in [0.29, 0.717) is 69.8 Å². The first-order chi connectivity index (χ1) is 34.3. The van der Waals surface area contributed by atoms with Gasteiger partial charge in [0.1, 0.15) is 54.6 Å². The second kappa shape index (κ2) is 26.3. The summed E-state index contributed by atoms with van der Waals surface area (Å²) >= 11 is 0. The summed E-state index contributed by atoms with van der Waals surface area (Å²) < 4.78 is 42.1. The Hall–Kier alpha value is -3.49. The van der Waals surface area contributed by atoms with Gasteiger partial charge in [-0.2, -0.15) is 0 Å². The maximum absolute atomic E-state index is 14.5. The molecule has 1 aliphatic carbocycles. The number of esters is 1. The number of fused-ring (bicyclic) bond motifs is 4. The number of cyclic esters (lactones) is 1. The average molecular weight is 1010 g/mol. The van der Waals surface area contributed by atoms with Crippen molar-refractivity contribution in [2.75, 3.05) is 34.0 Å². The molecule has 404 valence electrons. The number of aliphatic hydroxyl groups excluding tert-OH is 3. The van der Waals surface area contributed by atoms with Gasteiger partial charge in [-0.1, -0.05) is 64.2 Å². The lowest BCUT2D eigenvalue weighted by atomic mass is 9.78. The molecule has 4 N–H and O–H groups in total. The topological polar surface area (TPSA) is 234 Å². The van der Waals surface area contributed by atoms with Crippen LogP contribution in [-0.4, -0.2) is 168 Å². The Kier molecular flexibility index (Phi) is 21.1. The van der Waals surface area contributed by atoms with Crippen LogP contribution in [0.1, 0.15) is 125 Å². The summed E-state index contributed by atoms with van der Waals surface area (Å²) in [6.07, 6.45) is 8.35. The Morgan fingerprint density at radius 1 is 0.819 bits per heavy atom. The second-order valence-corrected chi connectivity index (χ2v) is 21.6. The van der Waals surface area contributed by atoms with Crippen molar-refractivity contribution in [1.82, 2.24) is 4.90 Å². The standard InChI is InChI=1S/C55H83NO16/c1-31-16-12-10-9-11-13-17-32(2)47(60)51(67-8)48(61)35(5)24-33(3)41(58)28-44(34(4)25-37-20-22-40(57)45(26-37)66-7)71-54(64)39-18-14-15-23-56(39)53(63)52(62)55(65)36(6)19-21-38(72-55)27-43(31)70-46-30-69-49-42(59)29-68-50(46)49/h9-12,16,24,32-34,36-40,42-46,48-51,57,59,61,65H,13-15,17-23,25-30H2,1-8H3/b11-9+,12-10+,31-16+,35-24+/t32-,33-,34-,36-,37+,38+,39+,40-,42+,43?,44+,45-,46?,48-,49-,50-,51+,55-/m1/s1. The number of nitrogens with zero attached hydrogens (tertiary/aromatic N) is 1. The van der Waals surface area contributed by atoms with E-state index in [9.17, 15) is 44.4 Å². The molecule has 6 aliphatic rings. The van der Waals surface area contributed by atoms with Crippen molar-refractivity contribution >= 4 is 29.2 Å². The molecule has 0 radical (unpaired) electrons. The molecule has 72 heavy (non-hydrogen) atoms. The molecular formula is C55H83NO16. The lowest BCUT2D eigenvalue weighted by Crippen LogP contribution is -2.61. The predicted molar refractivity (Wildman–Crippen MR) is 264 cm³/mol. The van der Waals surface area contributed by atoms with E-state index in [1.807, 2.05) is 44.2 Å². The van der Waals surface area contributed by atoms with Crippen LogP contribution in [-0.2, 0) is 57.1 Å². The van der Waals surface area contributed by atoms with Gasteiger partial charge in [0.05, 0.1) is 37.6 Å². The highest BCUT2D eigenvalue weighted by molar-refractivity contribution is 6.39. The lowest BCUT2D eigenvalue weighted by molar-refractivity contribution is -0.266. The first kappa shape index (κ1) is 57.8. The monoisotopic (exact) mass is 1010 g/mol. The molecule has 0 aromatic carbocycles. The van der Waals surface area contributed by atoms with E-state index in [4.69, 9.17) is 33.2 Å². The average Bonchev–Trinajstić information content (AvgIpc) is 3.95. The highest BCUT2D eigenvalue weighted by atomic mass is 16.6. The van der Waals surface area contributed by atoms with Crippen molar-refractivity contribution in [3.63, 3.8) is 0 Å². The van der Waals surface area contributed by atoms with Gasteiger partial charge in [-0.25, -0.2) is 4.79 Å². The molecule has 0 aromatic heterocycles. The zero-order chi connectivity index (χ0) is 52.4. The normalized spacial score (nSPS) is 42.6. The number of rotatable bonds is 7. The van der Waals surface area contributed by atoms with Crippen LogP contribution in [0.4, 0.5) is 0 Å². The number of hydrogen-bond acceptors (Lipinski definition) is 16. The molecular weight excluding hydrogens is 931 g/mol. The van der Waals surface area contributed by atoms with Crippen molar-refractivity contribution in [2.45, 2.75) is 204 Å². The molecule has 0 spiro atoms. The van der Waals surface area contributed by atoms with Crippen LogP contribution < -0.4 is 0 Å². The maximum Gasteiger partial charge on any atom is 0.329 e. The number of hydrogen-bond donors (Lipinski definition) is 4. The zero-order valence-electron chi connectivity index (χ0n) is 43.7. The predicted octanol–water partition coefficient (Wildman–Crippen LogP) is 4.83. The molecule has 17 heteroatoms. The Labute approximate surface area is 425 Å². The zero-order valence-corrected chi connectivity index (χ0v) is 43.7. The molecule has 4 saturated heterocycles. The molecule has 17 nitrogen and oxygen atoms in total. The fourth-order valence-electron chi connectivity index (χ4n) is 11.4. The third kappa shape index (κ3) is 14.1. The largest absolute Gasteiger partial charge is 0.460 e. The van der Waals surface area contributed by atoms with E-state index in [-0.39, 0.29) is 68.5 Å². The quantitative estimate of drug-likeness (QED) is 0.152. The number of amides is 1. The Balaban J connectivity index is 1.30. The Morgan fingerprint density at radius 2 is 1.57 bits per heavy atom. The van der Waals surface area contributed by atoms with E-state index in [0.717, 1.165) is 5.57 Å². The molecule has 2 bridgehead atoms. The Bertz CT molecular complexity index is 2000. The smallest absolute Gasteiger partial charge is 0.329 e. The summed E-state index contributed by atoms with van der Waals surface area (Å²) in [5.41, 5.74) is 1.17.